The maximum atomic E-state index is 9.50. The predicted octanol–water partition coefficient (Wildman–Crippen LogP) is 3.69. The third-order valence-electron chi connectivity index (χ3n) is 3.18. The van der Waals surface area contributed by atoms with E-state index in [0.717, 1.165) is 16.8 Å². The highest BCUT2D eigenvalue weighted by molar-refractivity contribution is 6.32. The Balaban J connectivity index is 1.75. The van der Waals surface area contributed by atoms with Crippen molar-refractivity contribution >= 4 is 17.3 Å². The van der Waals surface area contributed by atoms with E-state index in [1.54, 1.807) is 6.07 Å². The van der Waals surface area contributed by atoms with Gasteiger partial charge in [-0.1, -0.05) is 11.6 Å². The molecule has 1 aliphatic heterocycles. The van der Waals surface area contributed by atoms with Crippen LogP contribution in [0.3, 0.4) is 0 Å². The molecule has 4 nitrogen and oxygen atoms in total. The largest absolute Gasteiger partial charge is 0.508 e. The van der Waals surface area contributed by atoms with Gasteiger partial charge < -0.3 is 19.9 Å². The molecule has 0 fully saturated rings. The summed E-state index contributed by atoms with van der Waals surface area (Å²) in [5.74, 6) is 1.58. The maximum absolute atomic E-state index is 9.50. The number of anilines is 1. The third-order valence-corrected chi connectivity index (χ3v) is 3.46. The monoisotopic (exact) mass is 291 g/mol. The maximum Gasteiger partial charge on any atom is 0.231 e. The van der Waals surface area contributed by atoms with Crippen LogP contribution in [-0.4, -0.2) is 11.9 Å². The van der Waals surface area contributed by atoms with Crippen molar-refractivity contribution in [3.8, 4) is 17.2 Å². The molecule has 0 aliphatic carbocycles. The Morgan fingerprint density at radius 1 is 1.25 bits per heavy atom. The molecule has 104 valence electrons. The molecule has 1 aliphatic rings. The van der Waals surface area contributed by atoms with E-state index < -0.39 is 0 Å². The number of hydrogen-bond acceptors (Lipinski definition) is 4. The molecule has 0 spiro atoms. The van der Waals surface area contributed by atoms with Gasteiger partial charge in [0.15, 0.2) is 11.5 Å². The van der Waals surface area contributed by atoms with Gasteiger partial charge in [-0.05, 0) is 48.4 Å². The van der Waals surface area contributed by atoms with Gasteiger partial charge in [0.2, 0.25) is 6.79 Å². The molecular weight excluding hydrogens is 278 g/mol. The van der Waals surface area contributed by atoms with Crippen LogP contribution in [0.2, 0.25) is 5.02 Å². The SMILES string of the molecule is Cc1cc(NCc2cc(Cl)c3c(c2)OCO3)ccc1O. The summed E-state index contributed by atoms with van der Waals surface area (Å²) in [6.45, 7) is 2.68. The Morgan fingerprint density at radius 3 is 2.90 bits per heavy atom. The van der Waals surface area contributed by atoms with Gasteiger partial charge >= 0.3 is 0 Å². The second kappa shape index (κ2) is 5.13. The first-order valence-corrected chi connectivity index (χ1v) is 6.63. The van der Waals surface area contributed by atoms with Gasteiger partial charge in [-0.25, -0.2) is 0 Å². The summed E-state index contributed by atoms with van der Waals surface area (Å²) >= 11 is 6.14. The van der Waals surface area contributed by atoms with Crippen molar-refractivity contribution in [1.29, 1.82) is 0 Å². The number of fused-ring (bicyclic) bond motifs is 1. The third kappa shape index (κ3) is 2.47. The number of phenolic OH excluding ortho intramolecular Hbond substituents is 1. The molecule has 0 amide bonds. The highest BCUT2D eigenvalue weighted by Gasteiger charge is 2.18. The smallest absolute Gasteiger partial charge is 0.231 e. The van der Waals surface area contributed by atoms with Crippen LogP contribution in [0.4, 0.5) is 5.69 Å². The molecule has 3 rings (SSSR count). The highest BCUT2D eigenvalue weighted by Crippen LogP contribution is 2.39. The Bertz CT molecular complexity index is 658. The average Bonchev–Trinajstić information content (AvgIpc) is 2.89. The van der Waals surface area contributed by atoms with E-state index in [9.17, 15) is 5.11 Å². The lowest BCUT2D eigenvalue weighted by molar-refractivity contribution is 0.174. The molecule has 20 heavy (non-hydrogen) atoms. The van der Waals surface area contributed by atoms with Gasteiger partial charge in [0.05, 0.1) is 5.02 Å². The lowest BCUT2D eigenvalue weighted by atomic mass is 10.1. The van der Waals surface area contributed by atoms with Crippen LogP contribution >= 0.6 is 11.6 Å². The summed E-state index contributed by atoms with van der Waals surface area (Å²) in [6.07, 6.45) is 0. The molecule has 0 bridgehead atoms. The second-order valence-corrected chi connectivity index (χ2v) is 5.07. The number of halogens is 1. The van der Waals surface area contributed by atoms with Crippen molar-refractivity contribution in [2.45, 2.75) is 13.5 Å². The molecule has 2 aromatic carbocycles. The molecule has 1 heterocycles. The zero-order valence-electron chi connectivity index (χ0n) is 10.9. The number of hydrogen-bond donors (Lipinski definition) is 2. The molecular formula is C15H14ClNO3. The fourth-order valence-electron chi connectivity index (χ4n) is 2.09. The fraction of sp³-hybridized carbons (Fsp3) is 0.200. The summed E-state index contributed by atoms with van der Waals surface area (Å²) in [6, 6.07) is 9.16. The van der Waals surface area contributed by atoms with Gasteiger partial charge in [0.25, 0.3) is 0 Å². The van der Waals surface area contributed by atoms with E-state index >= 15 is 0 Å². The minimum absolute atomic E-state index is 0.211. The first kappa shape index (κ1) is 12.9. The van der Waals surface area contributed by atoms with E-state index in [4.69, 9.17) is 21.1 Å². The Labute approximate surface area is 121 Å². The normalized spacial score (nSPS) is 12.5. The first-order valence-electron chi connectivity index (χ1n) is 6.25. The number of phenols is 1. The molecule has 0 aromatic heterocycles. The van der Waals surface area contributed by atoms with Crippen molar-refractivity contribution in [2.75, 3.05) is 12.1 Å². The summed E-state index contributed by atoms with van der Waals surface area (Å²) in [5, 5.41) is 13.3. The van der Waals surface area contributed by atoms with Crippen LogP contribution in [0.1, 0.15) is 11.1 Å². The molecule has 0 atom stereocenters. The molecule has 2 aromatic rings. The predicted molar refractivity (Wildman–Crippen MR) is 77.7 cm³/mol. The zero-order chi connectivity index (χ0) is 14.1. The lowest BCUT2D eigenvalue weighted by Gasteiger charge is -2.09. The molecule has 0 radical (unpaired) electrons. The Morgan fingerprint density at radius 2 is 2.10 bits per heavy atom. The second-order valence-electron chi connectivity index (χ2n) is 4.67. The molecule has 5 heteroatoms. The van der Waals surface area contributed by atoms with Crippen LogP contribution < -0.4 is 14.8 Å². The molecule has 0 saturated carbocycles. The van der Waals surface area contributed by atoms with Crippen molar-refractivity contribution in [3.63, 3.8) is 0 Å². The minimum Gasteiger partial charge on any atom is -0.508 e. The number of nitrogens with one attached hydrogen (secondary N) is 1. The summed E-state index contributed by atoms with van der Waals surface area (Å²) in [4.78, 5) is 0. The number of benzene rings is 2. The molecule has 0 saturated heterocycles. The van der Waals surface area contributed by atoms with Gasteiger partial charge in [-0.15, -0.1) is 0 Å². The van der Waals surface area contributed by atoms with Crippen LogP contribution in [0.25, 0.3) is 0 Å². The summed E-state index contributed by atoms with van der Waals surface area (Å²) in [7, 11) is 0. The van der Waals surface area contributed by atoms with Crippen LogP contribution in [0, 0.1) is 6.92 Å². The summed E-state index contributed by atoms with van der Waals surface area (Å²) in [5.41, 5.74) is 2.78. The topological polar surface area (TPSA) is 50.7 Å². The molecule has 2 N–H and O–H groups in total. The Hall–Kier alpha value is -2.07. The van der Waals surface area contributed by atoms with E-state index in [1.807, 2.05) is 31.2 Å². The van der Waals surface area contributed by atoms with Crippen molar-refractivity contribution < 1.29 is 14.6 Å². The summed E-state index contributed by atoms with van der Waals surface area (Å²) < 4.78 is 10.6. The standard InChI is InChI=1S/C15H14ClNO3/c1-9-4-11(2-3-13(9)18)17-7-10-5-12(16)15-14(6-10)19-8-20-15/h2-6,17-18H,7-8H2,1H3. The number of aromatic hydroxyl groups is 1. The minimum atomic E-state index is 0.211. The van der Waals surface area contributed by atoms with Gasteiger partial charge in [-0.2, -0.15) is 0 Å². The Kier molecular flexibility index (Phi) is 3.32. The fourth-order valence-corrected chi connectivity index (χ4v) is 2.38. The van der Waals surface area contributed by atoms with Crippen molar-refractivity contribution in [3.05, 3.63) is 46.5 Å². The first-order chi connectivity index (χ1) is 9.63. The zero-order valence-corrected chi connectivity index (χ0v) is 11.7. The van der Waals surface area contributed by atoms with Crippen LogP contribution in [0.5, 0.6) is 17.2 Å². The lowest BCUT2D eigenvalue weighted by Crippen LogP contribution is -1.99. The van der Waals surface area contributed by atoms with Gasteiger partial charge in [-0.3, -0.25) is 0 Å². The van der Waals surface area contributed by atoms with Crippen LogP contribution in [-0.2, 0) is 6.54 Å². The number of rotatable bonds is 3. The number of ether oxygens (including phenoxy) is 2. The van der Waals surface area contributed by atoms with Gasteiger partial charge in [0, 0.05) is 12.2 Å². The van der Waals surface area contributed by atoms with Crippen molar-refractivity contribution in [1.82, 2.24) is 0 Å². The van der Waals surface area contributed by atoms with E-state index in [2.05, 4.69) is 5.32 Å². The van der Waals surface area contributed by atoms with E-state index in [0.29, 0.717) is 28.8 Å². The van der Waals surface area contributed by atoms with E-state index in [1.165, 1.54) is 0 Å². The van der Waals surface area contributed by atoms with Crippen molar-refractivity contribution in [2.24, 2.45) is 0 Å². The quantitative estimate of drug-likeness (QED) is 0.847. The average molecular weight is 292 g/mol. The van der Waals surface area contributed by atoms with Gasteiger partial charge in [0.1, 0.15) is 5.75 Å². The highest BCUT2D eigenvalue weighted by atomic mass is 35.5. The molecule has 0 unspecified atom stereocenters. The number of aryl methyl sites for hydroxylation is 1. The van der Waals surface area contributed by atoms with Crippen LogP contribution in [0.15, 0.2) is 30.3 Å². The van der Waals surface area contributed by atoms with E-state index in [-0.39, 0.29) is 6.79 Å².